The van der Waals surface area contributed by atoms with Gasteiger partial charge in [-0.05, 0) is 62.5 Å². The molecule has 2 rings (SSSR count). The minimum atomic E-state index is 0.505. The Hall–Kier alpha value is -1.06. The van der Waals surface area contributed by atoms with Crippen LogP contribution < -0.4 is 10.6 Å². The van der Waals surface area contributed by atoms with Crippen LogP contribution >= 0.6 is 0 Å². The Morgan fingerprint density at radius 1 is 1.25 bits per heavy atom. The van der Waals surface area contributed by atoms with E-state index in [0.29, 0.717) is 12.0 Å². The second-order valence-electron chi connectivity index (χ2n) is 6.10. The molecule has 1 saturated heterocycles. The highest BCUT2D eigenvalue weighted by atomic mass is 15.2. The van der Waals surface area contributed by atoms with E-state index in [4.69, 9.17) is 5.73 Å². The average molecular weight is 275 g/mol. The van der Waals surface area contributed by atoms with E-state index in [1.807, 2.05) is 0 Å². The Morgan fingerprint density at radius 2 is 1.95 bits per heavy atom. The molecule has 1 aliphatic rings. The third kappa shape index (κ3) is 3.33. The zero-order valence-corrected chi connectivity index (χ0v) is 13.2. The SMILES string of the molecule is CCCN1CCCC(CN)C1c1ccc(N(C)C)cc1. The van der Waals surface area contributed by atoms with Gasteiger partial charge in [0.05, 0.1) is 0 Å². The van der Waals surface area contributed by atoms with Gasteiger partial charge in [0.15, 0.2) is 0 Å². The van der Waals surface area contributed by atoms with E-state index in [9.17, 15) is 0 Å². The van der Waals surface area contributed by atoms with Crippen molar-refractivity contribution in [2.24, 2.45) is 11.7 Å². The molecule has 3 nitrogen and oxygen atoms in total. The van der Waals surface area contributed by atoms with Crippen molar-refractivity contribution in [1.29, 1.82) is 0 Å². The van der Waals surface area contributed by atoms with Gasteiger partial charge in [-0.3, -0.25) is 4.90 Å². The summed E-state index contributed by atoms with van der Waals surface area (Å²) in [6, 6.07) is 9.53. The molecule has 0 bridgehead atoms. The van der Waals surface area contributed by atoms with Gasteiger partial charge < -0.3 is 10.6 Å². The van der Waals surface area contributed by atoms with Crippen LogP contribution in [0.1, 0.15) is 37.8 Å². The number of nitrogens with zero attached hydrogens (tertiary/aromatic N) is 2. The summed E-state index contributed by atoms with van der Waals surface area (Å²) in [6.07, 6.45) is 3.76. The van der Waals surface area contributed by atoms with Crippen LogP contribution in [-0.2, 0) is 0 Å². The number of hydrogen-bond donors (Lipinski definition) is 1. The van der Waals surface area contributed by atoms with Gasteiger partial charge in [0.2, 0.25) is 0 Å². The molecule has 0 saturated carbocycles. The van der Waals surface area contributed by atoms with Crippen LogP contribution in [0.25, 0.3) is 0 Å². The molecule has 2 N–H and O–H groups in total. The van der Waals surface area contributed by atoms with Crippen molar-refractivity contribution in [3.05, 3.63) is 29.8 Å². The molecule has 3 heteroatoms. The van der Waals surface area contributed by atoms with Crippen LogP contribution in [0.3, 0.4) is 0 Å². The Kier molecular flexibility index (Phi) is 5.44. The summed E-state index contributed by atoms with van der Waals surface area (Å²) in [5.41, 5.74) is 8.72. The molecule has 1 fully saturated rings. The second-order valence-corrected chi connectivity index (χ2v) is 6.10. The number of piperidine rings is 1. The standard InChI is InChI=1S/C17H29N3/c1-4-11-20-12-5-6-15(13-18)17(20)14-7-9-16(10-8-14)19(2)3/h7-10,15,17H,4-6,11-13,18H2,1-3H3. The maximum Gasteiger partial charge on any atom is 0.0388 e. The van der Waals surface area contributed by atoms with Crippen LogP contribution in [0.5, 0.6) is 0 Å². The molecule has 0 aliphatic carbocycles. The minimum absolute atomic E-state index is 0.505. The monoisotopic (exact) mass is 275 g/mol. The summed E-state index contributed by atoms with van der Waals surface area (Å²) >= 11 is 0. The summed E-state index contributed by atoms with van der Waals surface area (Å²) in [5.74, 6) is 0.598. The molecule has 2 unspecified atom stereocenters. The number of hydrogen-bond acceptors (Lipinski definition) is 3. The van der Waals surface area contributed by atoms with Crippen molar-refractivity contribution in [1.82, 2.24) is 4.90 Å². The molecule has 0 spiro atoms. The van der Waals surface area contributed by atoms with E-state index in [1.54, 1.807) is 0 Å². The van der Waals surface area contributed by atoms with Crippen molar-refractivity contribution in [3.63, 3.8) is 0 Å². The molecule has 112 valence electrons. The van der Waals surface area contributed by atoms with Crippen molar-refractivity contribution < 1.29 is 0 Å². The Morgan fingerprint density at radius 3 is 2.50 bits per heavy atom. The van der Waals surface area contributed by atoms with Crippen molar-refractivity contribution in [2.45, 2.75) is 32.2 Å². The predicted octanol–water partition coefficient (Wildman–Crippen LogP) is 2.87. The van der Waals surface area contributed by atoms with Crippen LogP contribution in [0.15, 0.2) is 24.3 Å². The van der Waals surface area contributed by atoms with E-state index >= 15 is 0 Å². The largest absolute Gasteiger partial charge is 0.378 e. The van der Waals surface area contributed by atoms with Gasteiger partial charge in [0.25, 0.3) is 0 Å². The van der Waals surface area contributed by atoms with Gasteiger partial charge >= 0.3 is 0 Å². The quantitative estimate of drug-likeness (QED) is 0.897. The zero-order chi connectivity index (χ0) is 14.5. The van der Waals surface area contributed by atoms with E-state index < -0.39 is 0 Å². The maximum absolute atomic E-state index is 6.03. The second kappa shape index (κ2) is 7.09. The number of benzene rings is 1. The average Bonchev–Trinajstić information content (AvgIpc) is 2.47. The van der Waals surface area contributed by atoms with Crippen LogP contribution in [0.2, 0.25) is 0 Å². The van der Waals surface area contributed by atoms with Gasteiger partial charge in [0, 0.05) is 25.8 Å². The molecule has 20 heavy (non-hydrogen) atoms. The normalized spacial score (nSPS) is 23.8. The predicted molar refractivity (Wildman–Crippen MR) is 87.2 cm³/mol. The minimum Gasteiger partial charge on any atom is -0.378 e. The van der Waals surface area contributed by atoms with Crippen molar-refractivity contribution >= 4 is 5.69 Å². The van der Waals surface area contributed by atoms with Gasteiger partial charge in [-0.2, -0.15) is 0 Å². The van der Waals surface area contributed by atoms with Crippen molar-refractivity contribution in [2.75, 3.05) is 38.6 Å². The third-order valence-corrected chi connectivity index (χ3v) is 4.42. The molecule has 0 aromatic heterocycles. The first-order chi connectivity index (χ1) is 9.67. The molecule has 2 atom stereocenters. The summed E-state index contributed by atoms with van der Waals surface area (Å²) in [6.45, 7) is 5.44. The van der Waals surface area contributed by atoms with E-state index in [0.717, 1.165) is 6.54 Å². The number of likely N-dealkylation sites (tertiary alicyclic amines) is 1. The highest BCUT2D eigenvalue weighted by Gasteiger charge is 2.31. The number of rotatable bonds is 5. The van der Waals surface area contributed by atoms with Gasteiger partial charge in [-0.15, -0.1) is 0 Å². The third-order valence-electron chi connectivity index (χ3n) is 4.42. The molecule has 1 heterocycles. The lowest BCUT2D eigenvalue weighted by atomic mass is 9.84. The number of anilines is 1. The van der Waals surface area contributed by atoms with E-state index in [-0.39, 0.29) is 0 Å². The summed E-state index contributed by atoms with van der Waals surface area (Å²) in [4.78, 5) is 4.78. The van der Waals surface area contributed by atoms with Gasteiger partial charge in [-0.1, -0.05) is 19.1 Å². The summed E-state index contributed by atoms with van der Waals surface area (Å²) in [7, 11) is 4.17. The zero-order valence-electron chi connectivity index (χ0n) is 13.2. The topological polar surface area (TPSA) is 32.5 Å². The van der Waals surface area contributed by atoms with Crippen LogP contribution in [-0.4, -0.2) is 38.6 Å². The van der Waals surface area contributed by atoms with Gasteiger partial charge in [0.1, 0.15) is 0 Å². The Bertz CT molecular complexity index is 397. The molecular formula is C17H29N3. The number of nitrogens with two attached hydrogens (primary N) is 1. The molecule has 1 aliphatic heterocycles. The molecule has 1 aromatic carbocycles. The van der Waals surface area contributed by atoms with Gasteiger partial charge in [-0.25, -0.2) is 0 Å². The molecule has 1 aromatic rings. The maximum atomic E-state index is 6.03. The fourth-order valence-electron chi connectivity index (χ4n) is 3.39. The molecular weight excluding hydrogens is 246 g/mol. The summed E-state index contributed by atoms with van der Waals surface area (Å²) in [5, 5.41) is 0. The highest BCUT2D eigenvalue weighted by molar-refractivity contribution is 5.46. The summed E-state index contributed by atoms with van der Waals surface area (Å²) < 4.78 is 0. The lowest BCUT2D eigenvalue weighted by Gasteiger charge is -2.41. The fraction of sp³-hybridized carbons (Fsp3) is 0.647. The smallest absolute Gasteiger partial charge is 0.0388 e. The van der Waals surface area contributed by atoms with Crippen molar-refractivity contribution in [3.8, 4) is 0 Å². The lowest BCUT2D eigenvalue weighted by molar-refractivity contribution is 0.0960. The highest BCUT2D eigenvalue weighted by Crippen LogP contribution is 2.36. The Labute approximate surface area is 123 Å². The van der Waals surface area contributed by atoms with E-state index in [2.05, 4.69) is 55.1 Å². The van der Waals surface area contributed by atoms with Crippen LogP contribution in [0, 0.1) is 5.92 Å². The fourth-order valence-corrected chi connectivity index (χ4v) is 3.39. The van der Waals surface area contributed by atoms with E-state index in [1.165, 1.54) is 43.6 Å². The lowest BCUT2D eigenvalue weighted by Crippen LogP contribution is -2.41. The first kappa shape index (κ1) is 15.3. The van der Waals surface area contributed by atoms with Crippen LogP contribution in [0.4, 0.5) is 5.69 Å². The first-order valence-electron chi connectivity index (χ1n) is 7.88. The molecule has 0 radical (unpaired) electrons. The first-order valence-corrected chi connectivity index (χ1v) is 7.88. The Balaban J connectivity index is 2.23. The molecule has 0 amide bonds.